The summed E-state index contributed by atoms with van der Waals surface area (Å²) in [6.07, 6.45) is 6.65. The van der Waals surface area contributed by atoms with Crippen molar-refractivity contribution in [1.82, 2.24) is 0 Å². The molecule has 0 aliphatic rings. The van der Waals surface area contributed by atoms with E-state index in [-0.39, 0.29) is 17.3 Å². The first-order chi connectivity index (χ1) is 9.56. The molecule has 0 fully saturated rings. The molecule has 0 radical (unpaired) electrons. The van der Waals surface area contributed by atoms with Crippen LogP contribution in [0.3, 0.4) is 0 Å². The van der Waals surface area contributed by atoms with E-state index in [1.807, 2.05) is 0 Å². The zero-order chi connectivity index (χ0) is 15.0. The fraction of sp³-hybridized carbons (Fsp3) is 0.533. The minimum Gasteiger partial charge on any atom is -0.397 e. The number of nitrogens with two attached hydrogens (primary N) is 1. The Morgan fingerprint density at radius 1 is 1.15 bits per heavy atom. The summed E-state index contributed by atoms with van der Waals surface area (Å²) in [4.78, 5) is 11.7. The van der Waals surface area contributed by atoms with Crippen molar-refractivity contribution in [2.24, 2.45) is 0 Å². The predicted molar refractivity (Wildman–Crippen MR) is 77.4 cm³/mol. The Labute approximate surface area is 118 Å². The quantitative estimate of drug-likeness (QED) is 0.554. The molecule has 0 unspecified atom stereocenters. The molecule has 1 aromatic carbocycles. The highest BCUT2D eigenvalue weighted by molar-refractivity contribution is 5.93. The van der Waals surface area contributed by atoms with Gasteiger partial charge in [0.1, 0.15) is 5.69 Å². The normalized spacial score (nSPS) is 10.6. The molecule has 3 N–H and O–H groups in total. The number of anilines is 2. The molecule has 1 aromatic rings. The lowest BCUT2D eigenvalue weighted by Gasteiger charge is -2.09. The fourth-order valence-corrected chi connectivity index (χ4v) is 1.96. The molecule has 20 heavy (non-hydrogen) atoms. The Kier molecular flexibility index (Phi) is 6.98. The van der Waals surface area contributed by atoms with Crippen molar-refractivity contribution in [2.45, 2.75) is 51.9 Å². The fourth-order valence-electron chi connectivity index (χ4n) is 1.96. The van der Waals surface area contributed by atoms with E-state index in [1.54, 1.807) is 0 Å². The summed E-state index contributed by atoms with van der Waals surface area (Å²) >= 11 is 0. The van der Waals surface area contributed by atoms with Crippen LogP contribution in [0.25, 0.3) is 0 Å². The second kappa shape index (κ2) is 8.51. The first-order valence-corrected chi connectivity index (χ1v) is 7.09. The first kappa shape index (κ1) is 16.4. The van der Waals surface area contributed by atoms with E-state index in [1.165, 1.54) is 25.3 Å². The van der Waals surface area contributed by atoms with Crippen LogP contribution < -0.4 is 11.1 Å². The summed E-state index contributed by atoms with van der Waals surface area (Å²) in [5.74, 6) is -2.47. The number of benzene rings is 1. The molecule has 0 aliphatic heterocycles. The monoisotopic (exact) mass is 284 g/mol. The summed E-state index contributed by atoms with van der Waals surface area (Å²) < 4.78 is 26.5. The smallest absolute Gasteiger partial charge is 0.224 e. The zero-order valence-electron chi connectivity index (χ0n) is 11.8. The van der Waals surface area contributed by atoms with Gasteiger partial charge in [-0.2, -0.15) is 0 Å². The van der Waals surface area contributed by atoms with Gasteiger partial charge in [-0.05, 0) is 18.6 Å². The molecule has 0 aliphatic carbocycles. The van der Waals surface area contributed by atoms with Crippen LogP contribution in [0.4, 0.5) is 20.2 Å². The molecule has 3 nitrogen and oxygen atoms in total. The lowest BCUT2D eigenvalue weighted by atomic mass is 10.1. The van der Waals surface area contributed by atoms with Crippen LogP contribution in [-0.4, -0.2) is 5.91 Å². The van der Waals surface area contributed by atoms with Gasteiger partial charge in [0.25, 0.3) is 0 Å². The maximum atomic E-state index is 13.5. The van der Waals surface area contributed by atoms with Gasteiger partial charge in [-0.1, -0.05) is 39.0 Å². The van der Waals surface area contributed by atoms with Gasteiger partial charge < -0.3 is 11.1 Å². The van der Waals surface area contributed by atoms with Crippen molar-refractivity contribution in [3.05, 3.63) is 23.8 Å². The molecule has 0 spiro atoms. The van der Waals surface area contributed by atoms with Crippen LogP contribution in [0.2, 0.25) is 0 Å². The predicted octanol–water partition coefficient (Wildman–Crippen LogP) is 4.24. The van der Waals surface area contributed by atoms with Crippen LogP contribution >= 0.6 is 0 Å². The minimum absolute atomic E-state index is 0.0280. The average molecular weight is 284 g/mol. The van der Waals surface area contributed by atoms with Crippen LogP contribution in [0.15, 0.2) is 12.1 Å². The number of rotatable bonds is 8. The Morgan fingerprint density at radius 3 is 2.50 bits per heavy atom. The van der Waals surface area contributed by atoms with Crippen molar-refractivity contribution in [3.8, 4) is 0 Å². The van der Waals surface area contributed by atoms with Crippen molar-refractivity contribution in [1.29, 1.82) is 0 Å². The third kappa shape index (κ3) is 5.15. The number of unbranched alkanes of at least 4 members (excludes halogenated alkanes) is 5. The van der Waals surface area contributed by atoms with Gasteiger partial charge in [0.15, 0.2) is 11.6 Å². The second-order valence-electron chi connectivity index (χ2n) is 4.89. The molecule has 0 heterocycles. The van der Waals surface area contributed by atoms with Gasteiger partial charge in [-0.3, -0.25) is 4.79 Å². The lowest BCUT2D eigenvalue weighted by molar-refractivity contribution is -0.116. The van der Waals surface area contributed by atoms with Gasteiger partial charge in [-0.25, -0.2) is 8.78 Å². The molecule has 5 heteroatoms. The first-order valence-electron chi connectivity index (χ1n) is 7.09. The topological polar surface area (TPSA) is 55.1 Å². The van der Waals surface area contributed by atoms with Gasteiger partial charge >= 0.3 is 0 Å². The number of amides is 1. The largest absolute Gasteiger partial charge is 0.397 e. The molecule has 0 aromatic heterocycles. The van der Waals surface area contributed by atoms with E-state index < -0.39 is 11.6 Å². The maximum absolute atomic E-state index is 13.5. The second-order valence-corrected chi connectivity index (χ2v) is 4.89. The molecule has 0 saturated carbocycles. The summed E-state index contributed by atoms with van der Waals surface area (Å²) in [7, 11) is 0. The number of hydrogen-bond donors (Lipinski definition) is 2. The van der Waals surface area contributed by atoms with Crippen LogP contribution in [0.1, 0.15) is 51.9 Å². The Bertz CT molecular complexity index is 450. The van der Waals surface area contributed by atoms with Gasteiger partial charge in [0, 0.05) is 6.42 Å². The van der Waals surface area contributed by atoms with Crippen molar-refractivity contribution < 1.29 is 13.6 Å². The number of carbonyl (C=O) groups is 1. The third-order valence-electron chi connectivity index (χ3n) is 3.15. The number of nitrogen functional groups attached to an aromatic ring is 1. The van der Waals surface area contributed by atoms with Gasteiger partial charge in [0.2, 0.25) is 5.91 Å². The molecular formula is C15H22F2N2O. The number of carbonyl (C=O) groups excluding carboxylic acids is 1. The summed E-state index contributed by atoms with van der Waals surface area (Å²) in [6.45, 7) is 2.14. The molecular weight excluding hydrogens is 262 g/mol. The third-order valence-corrected chi connectivity index (χ3v) is 3.15. The Balaban J connectivity index is 2.38. The maximum Gasteiger partial charge on any atom is 0.224 e. The van der Waals surface area contributed by atoms with E-state index in [4.69, 9.17) is 5.73 Å². The SMILES string of the molecule is CCCCCCCCC(=O)Nc1c(N)ccc(F)c1F. The molecule has 0 atom stereocenters. The Hall–Kier alpha value is -1.65. The lowest BCUT2D eigenvalue weighted by Crippen LogP contribution is -2.14. The van der Waals surface area contributed by atoms with Crippen LogP contribution in [0, 0.1) is 11.6 Å². The summed E-state index contributed by atoms with van der Waals surface area (Å²) in [5, 5.41) is 2.34. The molecule has 112 valence electrons. The molecule has 0 saturated heterocycles. The highest BCUT2D eigenvalue weighted by Crippen LogP contribution is 2.24. The van der Waals surface area contributed by atoms with Crippen molar-refractivity contribution >= 4 is 17.3 Å². The number of hydrogen-bond acceptors (Lipinski definition) is 2. The van der Waals surface area contributed by atoms with Gasteiger partial charge in [0.05, 0.1) is 5.69 Å². The van der Waals surface area contributed by atoms with Crippen LogP contribution in [0.5, 0.6) is 0 Å². The van der Waals surface area contributed by atoms with E-state index >= 15 is 0 Å². The van der Waals surface area contributed by atoms with Crippen molar-refractivity contribution in [2.75, 3.05) is 11.1 Å². The molecule has 0 bridgehead atoms. The summed E-state index contributed by atoms with van der Waals surface area (Å²) in [6, 6.07) is 2.17. The zero-order valence-corrected chi connectivity index (χ0v) is 11.8. The van der Waals surface area contributed by atoms with Gasteiger partial charge in [-0.15, -0.1) is 0 Å². The molecule has 1 rings (SSSR count). The Morgan fingerprint density at radius 2 is 1.80 bits per heavy atom. The van der Waals surface area contributed by atoms with Crippen LogP contribution in [-0.2, 0) is 4.79 Å². The van der Waals surface area contributed by atoms with E-state index in [9.17, 15) is 13.6 Å². The molecule has 1 amide bonds. The standard InChI is InChI=1S/C15H22F2N2O/c1-2-3-4-5-6-7-8-13(20)19-15-12(18)10-9-11(16)14(15)17/h9-10H,2-8,18H2,1H3,(H,19,20). The highest BCUT2D eigenvalue weighted by Gasteiger charge is 2.14. The number of halogens is 2. The van der Waals surface area contributed by atoms with E-state index in [2.05, 4.69) is 12.2 Å². The van der Waals surface area contributed by atoms with Crippen molar-refractivity contribution in [3.63, 3.8) is 0 Å². The highest BCUT2D eigenvalue weighted by atomic mass is 19.2. The minimum atomic E-state index is -1.11. The number of nitrogens with one attached hydrogen (secondary N) is 1. The summed E-state index contributed by atoms with van der Waals surface area (Å²) in [5.41, 5.74) is 5.29. The average Bonchev–Trinajstić information content (AvgIpc) is 2.43. The van der Waals surface area contributed by atoms with E-state index in [0.29, 0.717) is 6.42 Å². The van der Waals surface area contributed by atoms with E-state index in [0.717, 1.165) is 25.3 Å².